The molecule has 0 fully saturated rings. The van der Waals surface area contributed by atoms with Crippen molar-refractivity contribution in [2.45, 2.75) is 52.0 Å². The molecule has 136 valence electrons. The van der Waals surface area contributed by atoms with Gasteiger partial charge in [0.2, 0.25) is 5.91 Å². The quantitative estimate of drug-likeness (QED) is 0.662. The van der Waals surface area contributed by atoms with E-state index in [1.807, 2.05) is 25.1 Å². The van der Waals surface area contributed by atoms with E-state index in [1.165, 1.54) is 0 Å². The van der Waals surface area contributed by atoms with Gasteiger partial charge in [-0.3, -0.25) is 4.79 Å². The highest BCUT2D eigenvalue weighted by atomic mass is 35.5. The highest BCUT2D eigenvalue weighted by Gasteiger charge is 2.11. The number of carbonyl (C=O) groups excluding carboxylic acids is 1. The number of carbonyl (C=O) groups is 1. The van der Waals surface area contributed by atoms with Gasteiger partial charge in [-0.25, -0.2) is 4.98 Å². The molecule has 1 aromatic carbocycles. The van der Waals surface area contributed by atoms with Crippen LogP contribution in [-0.4, -0.2) is 28.5 Å². The second kappa shape index (κ2) is 11.3. The van der Waals surface area contributed by atoms with E-state index in [4.69, 9.17) is 5.73 Å². The van der Waals surface area contributed by atoms with Crippen molar-refractivity contribution in [2.24, 2.45) is 5.73 Å². The number of amides is 1. The Morgan fingerprint density at radius 2 is 2.12 bits per heavy atom. The molecule has 0 radical (unpaired) electrons. The third-order valence-corrected chi connectivity index (χ3v) is 3.91. The molecule has 0 aliphatic carbocycles. The zero-order valence-corrected chi connectivity index (χ0v) is 15.9. The van der Waals surface area contributed by atoms with Crippen molar-refractivity contribution in [1.82, 2.24) is 15.3 Å². The third-order valence-electron chi connectivity index (χ3n) is 3.91. The second-order valence-electron chi connectivity index (χ2n) is 5.80. The number of halogens is 2. The molecule has 1 amide bonds. The number of para-hydroxylation sites is 1. The molecule has 1 unspecified atom stereocenters. The summed E-state index contributed by atoms with van der Waals surface area (Å²) in [4.78, 5) is 19.9. The Morgan fingerprint density at radius 3 is 2.75 bits per heavy atom. The molecule has 0 spiro atoms. The molecule has 4 N–H and O–H groups in total. The van der Waals surface area contributed by atoms with Gasteiger partial charge in [0.05, 0.1) is 11.0 Å². The largest absolute Gasteiger partial charge is 0.352 e. The Morgan fingerprint density at radius 1 is 1.38 bits per heavy atom. The number of hydrogen-bond acceptors (Lipinski definition) is 3. The van der Waals surface area contributed by atoms with Crippen LogP contribution in [-0.2, 0) is 11.2 Å². The molecular weight excluding hydrogens is 347 g/mol. The van der Waals surface area contributed by atoms with Gasteiger partial charge in [-0.05, 0) is 25.0 Å². The number of nitrogens with two attached hydrogens (primary N) is 1. The molecule has 0 aliphatic heterocycles. The maximum atomic E-state index is 12.0. The molecule has 1 aromatic heterocycles. The number of H-pyrrole nitrogens is 1. The summed E-state index contributed by atoms with van der Waals surface area (Å²) in [5.41, 5.74) is 8.86. The van der Waals surface area contributed by atoms with Crippen molar-refractivity contribution in [1.29, 1.82) is 0 Å². The molecule has 1 heterocycles. The average Bonchev–Trinajstić information content (AvgIpc) is 2.94. The first-order valence-corrected chi connectivity index (χ1v) is 8.07. The van der Waals surface area contributed by atoms with Gasteiger partial charge in [-0.1, -0.05) is 31.9 Å². The molecule has 7 heteroatoms. The minimum Gasteiger partial charge on any atom is -0.352 e. The molecular formula is C17H28Cl2N4O. The van der Waals surface area contributed by atoms with E-state index in [0.717, 1.165) is 41.7 Å². The Hall–Kier alpha value is -1.30. The summed E-state index contributed by atoms with van der Waals surface area (Å²) < 4.78 is 0. The van der Waals surface area contributed by atoms with Gasteiger partial charge in [-0.15, -0.1) is 24.8 Å². The van der Waals surface area contributed by atoms with Crippen LogP contribution in [0.3, 0.4) is 0 Å². The van der Waals surface area contributed by atoms with Crippen LogP contribution in [0, 0.1) is 6.92 Å². The van der Waals surface area contributed by atoms with Crippen LogP contribution in [0.15, 0.2) is 18.2 Å². The predicted octanol–water partition coefficient (Wildman–Crippen LogP) is 3.28. The van der Waals surface area contributed by atoms with Crippen molar-refractivity contribution >= 4 is 41.8 Å². The minimum absolute atomic E-state index is 0. The predicted molar refractivity (Wildman–Crippen MR) is 104 cm³/mol. The number of fused-ring (bicyclic) bond motifs is 1. The first-order valence-electron chi connectivity index (χ1n) is 8.07. The second-order valence-corrected chi connectivity index (χ2v) is 5.80. The average molecular weight is 375 g/mol. The van der Waals surface area contributed by atoms with Gasteiger partial charge in [0.25, 0.3) is 0 Å². The number of hydrogen-bond donors (Lipinski definition) is 3. The normalized spacial score (nSPS) is 11.5. The summed E-state index contributed by atoms with van der Waals surface area (Å²) in [6.45, 7) is 4.67. The highest BCUT2D eigenvalue weighted by molar-refractivity contribution is 5.85. The van der Waals surface area contributed by atoms with Gasteiger partial charge in [0.15, 0.2) is 0 Å². The number of aromatic nitrogens is 2. The summed E-state index contributed by atoms with van der Waals surface area (Å²) in [5, 5.41) is 3.01. The summed E-state index contributed by atoms with van der Waals surface area (Å²) in [6, 6.07) is 6.14. The van der Waals surface area contributed by atoms with Crippen LogP contribution < -0.4 is 11.1 Å². The fraction of sp³-hybridized carbons (Fsp3) is 0.529. The van der Waals surface area contributed by atoms with Gasteiger partial charge >= 0.3 is 0 Å². The number of imidazole rings is 1. The Balaban J connectivity index is 0.00000264. The fourth-order valence-electron chi connectivity index (χ4n) is 2.58. The lowest BCUT2D eigenvalue weighted by Gasteiger charge is -2.16. The highest BCUT2D eigenvalue weighted by Crippen LogP contribution is 2.16. The maximum absolute atomic E-state index is 12.0. The lowest BCUT2D eigenvalue weighted by atomic mass is 10.1. The molecule has 0 bridgehead atoms. The number of rotatable bonds is 8. The number of benzene rings is 1. The van der Waals surface area contributed by atoms with Crippen molar-refractivity contribution < 1.29 is 4.79 Å². The first kappa shape index (κ1) is 22.7. The molecule has 0 saturated carbocycles. The number of unbranched alkanes of at least 4 members (excludes halogenated alkanes) is 1. The van der Waals surface area contributed by atoms with Crippen LogP contribution >= 0.6 is 24.8 Å². The molecule has 0 aliphatic rings. The lowest BCUT2D eigenvalue weighted by molar-refractivity contribution is -0.121. The van der Waals surface area contributed by atoms with Gasteiger partial charge < -0.3 is 16.0 Å². The standard InChI is InChI=1S/C17H26N4O.2ClH/c1-3-4-7-13(11-18)19-16(22)10-9-15-20-14-8-5-6-12(2)17(14)21-15;;/h5-6,8,13H,3-4,7,9-11,18H2,1-2H3,(H,19,22)(H,20,21);2*1H. The molecule has 24 heavy (non-hydrogen) atoms. The van der Waals surface area contributed by atoms with Gasteiger partial charge in [0, 0.05) is 25.4 Å². The Bertz CT molecular complexity index is 630. The number of nitrogens with zero attached hydrogens (tertiary/aromatic N) is 1. The minimum atomic E-state index is 0. The van der Waals surface area contributed by atoms with E-state index in [0.29, 0.717) is 19.4 Å². The molecule has 0 saturated heterocycles. The van der Waals surface area contributed by atoms with E-state index < -0.39 is 0 Å². The van der Waals surface area contributed by atoms with Crippen molar-refractivity contribution in [3.63, 3.8) is 0 Å². The zero-order chi connectivity index (χ0) is 15.9. The summed E-state index contributed by atoms with van der Waals surface area (Å²) in [7, 11) is 0. The zero-order valence-electron chi connectivity index (χ0n) is 14.3. The van der Waals surface area contributed by atoms with Crippen LogP contribution in [0.5, 0.6) is 0 Å². The number of nitrogens with one attached hydrogen (secondary N) is 2. The maximum Gasteiger partial charge on any atom is 0.220 e. The SMILES string of the molecule is CCCCC(CN)NC(=O)CCc1nc2c(C)cccc2[nH]1.Cl.Cl. The summed E-state index contributed by atoms with van der Waals surface area (Å²) in [6.07, 6.45) is 4.20. The number of aromatic amines is 1. The molecule has 2 aromatic rings. The van der Waals surface area contributed by atoms with E-state index in [1.54, 1.807) is 0 Å². The smallest absolute Gasteiger partial charge is 0.220 e. The van der Waals surface area contributed by atoms with Crippen molar-refractivity contribution in [3.8, 4) is 0 Å². The molecule has 2 rings (SSSR count). The summed E-state index contributed by atoms with van der Waals surface area (Å²) in [5.74, 6) is 0.904. The van der Waals surface area contributed by atoms with Crippen molar-refractivity contribution in [3.05, 3.63) is 29.6 Å². The monoisotopic (exact) mass is 374 g/mol. The van der Waals surface area contributed by atoms with Crippen LogP contribution in [0.2, 0.25) is 0 Å². The third kappa shape index (κ3) is 6.30. The van der Waals surface area contributed by atoms with E-state index in [9.17, 15) is 4.79 Å². The van der Waals surface area contributed by atoms with E-state index >= 15 is 0 Å². The molecule has 5 nitrogen and oxygen atoms in total. The first-order chi connectivity index (χ1) is 10.6. The van der Waals surface area contributed by atoms with Crippen molar-refractivity contribution in [2.75, 3.05) is 6.54 Å². The van der Waals surface area contributed by atoms with Gasteiger partial charge in [-0.2, -0.15) is 0 Å². The van der Waals surface area contributed by atoms with Crippen LogP contribution in [0.25, 0.3) is 11.0 Å². The topological polar surface area (TPSA) is 83.8 Å². The summed E-state index contributed by atoms with van der Waals surface area (Å²) >= 11 is 0. The number of aryl methyl sites for hydroxylation is 2. The van der Waals surface area contributed by atoms with E-state index in [-0.39, 0.29) is 36.8 Å². The Kier molecular flexibility index (Phi) is 10.7. The van der Waals surface area contributed by atoms with E-state index in [2.05, 4.69) is 22.2 Å². The Labute approximate surface area is 156 Å². The fourth-order valence-corrected chi connectivity index (χ4v) is 2.58. The molecule has 1 atom stereocenters. The lowest BCUT2D eigenvalue weighted by Crippen LogP contribution is -2.40. The van der Waals surface area contributed by atoms with Crippen LogP contribution in [0.1, 0.15) is 44.0 Å². The van der Waals surface area contributed by atoms with Crippen LogP contribution in [0.4, 0.5) is 0 Å². The van der Waals surface area contributed by atoms with Gasteiger partial charge in [0.1, 0.15) is 5.82 Å².